The molecule has 23 heavy (non-hydrogen) atoms. The molecule has 1 atom stereocenters. The number of fused-ring (bicyclic) bond motifs is 1. The van der Waals surface area contributed by atoms with Crippen LogP contribution in [0.25, 0.3) is 0 Å². The van der Waals surface area contributed by atoms with Gasteiger partial charge >= 0.3 is 0 Å². The third-order valence-corrected chi connectivity index (χ3v) is 3.96. The summed E-state index contributed by atoms with van der Waals surface area (Å²) in [5.74, 6) is 2.33. The van der Waals surface area contributed by atoms with Gasteiger partial charge in [0.15, 0.2) is 11.6 Å². The Hall–Kier alpha value is -2.15. The van der Waals surface area contributed by atoms with Crippen LogP contribution >= 0.6 is 0 Å². The molecule has 124 valence electrons. The van der Waals surface area contributed by atoms with Crippen LogP contribution in [0.4, 0.5) is 0 Å². The Morgan fingerprint density at radius 3 is 3.04 bits per heavy atom. The number of nitrogens with zero attached hydrogens (tertiary/aromatic N) is 3. The van der Waals surface area contributed by atoms with Gasteiger partial charge < -0.3 is 19.6 Å². The highest BCUT2D eigenvalue weighted by atomic mass is 16.3. The minimum absolute atomic E-state index is 0.174. The molecule has 7 heteroatoms. The Kier molecular flexibility index (Phi) is 4.76. The van der Waals surface area contributed by atoms with Crippen molar-refractivity contribution < 1.29 is 9.21 Å². The molecule has 2 aromatic heterocycles. The molecule has 1 amide bonds. The highest BCUT2D eigenvalue weighted by Crippen LogP contribution is 2.22. The molecule has 0 radical (unpaired) electrons. The molecule has 3 heterocycles. The van der Waals surface area contributed by atoms with Crippen LogP contribution in [-0.4, -0.2) is 33.8 Å². The van der Waals surface area contributed by atoms with Crippen molar-refractivity contribution in [1.29, 1.82) is 0 Å². The molecule has 0 bridgehead atoms. The lowest BCUT2D eigenvalue weighted by atomic mass is 10.0. The number of hydrogen-bond acceptors (Lipinski definition) is 5. The highest BCUT2D eigenvalue weighted by Gasteiger charge is 2.25. The fraction of sp³-hybridized carbons (Fsp3) is 0.562. The van der Waals surface area contributed by atoms with E-state index in [0.717, 1.165) is 44.1 Å². The van der Waals surface area contributed by atoms with Crippen LogP contribution in [0, 0.1) is 5.92 Å². The first-order valence-corrected chi connectivity index (χ1v) is 8.12. The molecule has 0 saturated carbocycles. The van der Waals surface area contributed by atoms with E-state index in [2.05, 4.69) is 39.2 Å². The highest BCUT2D eigenvalue weighted by molar-refractivity contribution is 5.91. The second-order valence-electron chi connectivity index (χ2n) is 6.26. The zero-order valence-corrected chi connectivity index (χ0v) is 13.6. The van der Waals surface area contributed by atoms with Gasteiger partial charge in [0.25, 0.3) is 5.91 Å². The first-order valence-electron chi connectivity index (χ1n) is 8.12. The quantitative estimate of drug-likeness (QED) is 0.873. The molecule has 2 N–H and O–H groups in total. The lowest BCUT2D eigenvalue weighted by molar-refractivity contribution is 0.0900. The van der Waals surface area contributed by atoms with Crippen LogP contribution < -0.4 is 10.6 Å². The predicted molar refractivity (Wildman–Crippen MR) is 85.0 cm³/mol. The number of furan rings is 1. The first kappa shape index (κ1) is 15.7. The van der Waals surface area contributed by atoms with Crippen LogP contribution in [0.15, 0.2) is 22.8 Å². The molecule has 0 aliphatic carbocycles. The molecule has 1 aliphatic rings. The van der Waals surface area contributed by atoms with Gasteiger partial charge in [-0.3, -0.25) is 4.79 Å². The van der Waals surface area contributed by atoms with E-state index in [4.69, 9.17) is 4.42 Å². The van der Waals surface area contributed by atoms with Crippen molar-refractivity contribution >= 4 is 5.91 Å². The molecule has 0 aromatic carbocycles. The molecule has 1 aliphatic heterocycles. The number of aromatic nitrogens is 3. The lowest BCUT2D eigenvalue weighted by Crippen LogP contribution is -2.32. The largest absolute Gasteiger partial charge is 0.459 e. The topological polar surface area (TPSA) is 85.0 Å². The van der Waals surface area contributed by atoms with E-state index in [1.807, 2.05) is 0 Å². The molecule has 7 nitrogen and oxygen atoms in total. The average Bonchev–Trinajstić information content (AvgIpc) is 3.12. The molecule has 0 spiro atoms. The van der Waals surface area contributed by atoms with Gasteiger partial charge in [-0.1, -0.05) is 13.8 Å². The fourth-order valence-electron chi connectivity index (χ4n) is 2.89. The number of nitrogens with one attached hydrogen (secondary N) is 2. The number of carbonyl (C=O) groups is 1. The standard InChI is InChI=1S/C16H23N5O2/c1-11(2)10-12(18-16(22)13-4-3-9-23-13)15-20-19-14-5-6-17-7-8-21(14)15/h3-4,9,11-12,17H,5-8,10H2,1-2H3,(H,18,22)/t12-/m0/s1. The van der Waals surface area contributed by atoms with Gasteiger partial charge in [-0.2, -0.15) is 0 Å². The van der Waals surface area contributed by atoms with Gasteiger partial charge in [0.2, 0.25) is 0 Å². The van der Waals surface area contributed by atoms with Crippen molar-refractivity contribution in [2.75, 3.05) is 13.1 Å². The summed E-state index contributed by atoms with van der Waals surface area (Å²) in [6.45, 7) is 6.88. The Bertz CT molecular complexity index is 647. The van der Waals surface area contributed by atoms with E-state index in [0.29, 0.717) is 11.7 Å². The molecule has 3 rings (SSSR count). The monoisotopic (exact) mass is 317 g/mol. The van der Waals surface area contributed by atoms with E-state index in [1.165, 1.54) is 6.26 Å². The van der Waals surface area contributed by atoms with Crippen molar-refractivity contribution in [2.45, 2.75) is 39.3 Å². The number of amides is 1. The zero-order valence-electron chi connectivity index (χ0n) is 13.6. The van der Waals surface area contributed by atoms with Gasteiger partial charge in [0.05, 0.1) is 12.3 Å². The Morgan fingerprint density at radius 2 is 2.30 bits per heavy atom. The molecule has 2 aromatic rings. The Morgan fingerprint density at radius 1 is 1.43 bits per heavy atom. The second kappa shape index (κ2) is 6.95. The van der Waals surface area contributed by atoms with Gasteiger partial charge in [0.1, 0.15) is 5.82 Å². The average molecular weight is 317 g/mol. The van der Waals surface area contributed by atoms with Crippen molar-refractivity contribution in [2.24, 2.45) is 5.92 Å². The third kappa shape index (κ3) is 3.61. The van der Waals surface area contributed by atoms with Crippen molar-refractivity contribution in [3.63, 3.8) is 0 Å². The number of carbonyl (C=O) groups excluding carboxylic acids is 1. The Balaban J connectivity index is 1.84. The molecule has 0 fully saturated rings. The van der Waals surface area contributed by atoms with E-state index < -0.39 is 0 Å². The fourth-order valence-corrected chi connectivity index (χ4v) is 2.89. The summed E-state index contributed by atoms with van der Waals surface area (Å²) in [5, 5.41) is 15.1. The van der Waals surface area contributed by atoms with Crippen LogP contribution in [0.5, 0.6) is 0 Å². The van der Waals surface area contributed by atoms with Crippen molar-refractivity contribution in [1.82, 2.24) is 25.4 Å². The maximum Gasteiger partial charge on any atom is 0.287 e. The lowest BCUT2D eigenvalue weighted by Gasteiger charge is -2.20. The maximum absolute atomic E-state index is 12.4. The zero-order chi connectivity index (χ0) is 16.2. The summed E-state index contributed by atoms with van der Waals surface area (Å²) in [7, 11) is 0. The van der Waals surface area contributed by atoms with Gasteiger partial charge in [0, 0.05) is 26.1 Å². The summed E-state index contributed by atoms with van der Waals surface area (Å²) in [6.07, 6.45) is 3.16. The third-order valence-electron chi connectivity index (χ3n) is 3.96. The molecular formula is C16H23N5O2. The summed E-state index contributed by atoms with van der Waals surface area (Å²) in [6, 6.07) is 3.20. The molecular weight excluding hydrogens is 294 g/mol. The van der Waals surface area contributed by atoms with E-state index >= 15 is 0 Å². The SMILES string of the molecule is CC(C)C[C@H](NC(=O)c1ccco1)c1nnc2n1CCNCC2. The summed E-state index contributed by atoms with van der Waals surface area (Å²) in [4.78, 5) is 12.4. The van der Waals surface area contributed by atoms with Crippen LogP contribution in [0.2, 0.25) is 0 Å². The predicted octanol–water partition coefficient (Wildman–Crippen LogP) is 1.53. The summed E-state index contributed by atoms with van der Waals surface area (Å²) < 4.78 is 7.32. The maximum atomic E-state index is 12.4. The summed E-state index contributed by atoms with van der Waals surface area (Å²) >= 11 is 0. The van der Waals surface area contributed by atoms with Crippen molar-refractivity contribution in [3.05, 3.63) is 35.8 Å². The normalized spacial score (nSPS) is 16.0. The number of hydrogen-bond donors (Lipinski definition) is 2. The van der Waals surface area contributed by atoms with Gasteiger partial charge in [-0.25, -0.2) is 0 Å². The minimum Gasteiger partial charge on any atom is -0.459 e. The minimum atomic E-state index is -0.218. The van der Waals surface area contributed by atoms with Crippen LogP contribution in [0.3, 0.4) is 0 Å². The van der Waals surface area contributed by atoms with E-state index in [1.54, 1.807) is 12.1 Å². The Labute approximate surface area is 135 Å². The van der Waals surface area contributed by atoms with Crippen LogP contribution in [-0.2, 0) is 13.0 Å². The molecule has 0 saturated heterocycles. The summed E-state index contributed by atoms with van der Waals surface area (Å²) in [5.41, 5.74) is 0. The van der Waals surface area contributed by atoms with E-state index in [-0.39, 0.29) is 11.9 Å². The van der Waals surface area contributed by atoms with E-state index in [9.17, 15) is 4.79 Å². The van der Waals surface area contributed by atoms with Crippen LogP contribution in [0.1, 0.15) is 48.5 Å². The molecule has 0 unspecified atom stereocenters. The first-order chi connectivity index (χ1) is 11.1. The number of rotatable bonds is 5. The van der Waals surface area contributed by atoms with Gasteiger partial charge in [-0.15, -0.1) is 10.2 Å². The second-order valence-corrected chi connectivity index (χ2v) is 6.26. The van der Waals surface area contributed by atoms with Gasteiger partial charge in [-0.05, 0) is 24.5 Å². The van der Waals surface area contributed by atoms with Crippen molar-refractivity contribution in [3.8, 4) is 0 Å². The smallest absolute Gasteiger partial charge is 0.287 e.